The number of hydrogen-bond acceptors (Lipinski definition) is 3. The molecule has 2 rings (SSSR count). The summed E-state index contributed by atoms with van der Waals surface area (Å²) in [5.74, 6) is -0.0120. The highest BCUT2D eigenvalue weighted by atomic mass is 32.1. The Kier molecular flexibility index (Phi) is 4.32. The van der Waals surface area contributed by atoms with Gasteiger partial charge in [0.1, 0.15) is 5.01 Å². The summed E-state index contributed by atoms with van der Waals surface area (Å²) < 4.78 is 0. The standard InChI is InChI=1S/C15H18N2OS/c1-4-13-11(3)19-15(17-13)9-14(18)16-12-7-5-6-10(2)8-12/h5-8H,4,9H2,1-3H3,(H,16,18). The quantitative estimate of drug-likeness (QED) is 0.927. The van der Waals surface area contributed by atoms with Gasteiger partial charge < -0.3 is 5.32 Å². The van der Waals surface area contributed by atoms with Crippen LogP contribution in [0.25, 0.3) is 0 Å². The third-order valence-corrected chi connectivity index (χ3v) is 3.90. The van der Waals surface area contributed by atoms with E-state index in [0.717, 1.165) is 28.4 Å². The molecule has 1 aromatic carbocycles. The molecule has 0 radical (unpaired) electrons. The molecule has 0 spiro atoms. The molecule has 1 heterocycles. The molecule has 0 aliphatic rings. The Balaban J connectivity index is 2.01. The van der Waals surface area contributed by atoms with Crippen LogP contribution < -0.4 is 5.32 Å². The van der Waals surface area contributed by atoms with Crippen LogP contribution in [0.1, 0.15) is 28.1 Å². The van der Waals surface area contributed by atoms with Gasteiger partial charge in [-0.15, -0.1) is 11.3 Å². The lowest BCUT2D eigenvalue weighted by Crippen LogP contribution is -2.14. The van der Waals surface area contributed by atoms with Crippen molar-refractivity contribution in [3.05, 3.63) is 45.4 Å². The molecule has 0 aliphatic carbocycles. The summed E-state index contributed by atoms with van der Waals surface area (Å²) in [7, 11) is 0. The van der Waals surface area contributed by atoms with Crippen LogP contribution in [0.4, 0.5) is 5.69 Å². The summed E-state index contributed by atoms with van der Waals surface area (Å²) in [4.78, 5) is 17.7. The fourth-order valence-corrected chi connectivity index (χ4v) is 2.98. The Bertz CT molecular complexity index is 590. The zero-order valence-electron chi connectivity index (χ0n) is 11.5. The first-order valence-electron chi connectivity index (χ1n) is 6.40. The van der Waals surface area contributed by atoms with Crippen LogP contribution in [0.2, 0.25) is 0 Å². The van der Waals surface area contributed by atoms with E-state index in [1.54, 1.807) is 11.3 Å². The molecule has 0 saturated carbocycles. The fraction of sp³-hybridized carbons (Fsp3) is 0.333. The SMILES string of the molecule is CCc1nc(CC(=O)Nc2cccc(C)c2)sc1C. The lowest BCUT2D eigenvalue weighted by molar-refractivity contribution is -0.115. The average Bonchev–Trinajstić information content (AvgIpc) is 2.69. The molecule has 1 N–H and O–H groups in total. The summed E-state index contributed by atoms with van der Waals surface area (Å²) in [5, 5.41) is 3.79. The van der Waals surface area contributed by atoms with Gasteiger partial charge in [0.15, 0.2) is 0 Å². The van der Waals surface area contributed by atoms with Gasteiger partial charge in [-0.05, 0) is 38.0 Å². The van der Waals surface area contributed by atoms with Gasteiger partial charge in [-0.2, -0.15) is 0 Å². The molecule has 1 aromatic heterocycles. The Morgan fingerprint density at radius 1 is 1.37 bits per heavy atom. The van der Waals surface area contributed by atoms with Gasteiger partial charge in [0.05, 0.1) is 12.1 Å². The molecule has 0 fully saturated rings. The normalized spacial score (nSPS) is 10.5. The van der Waals surface area contributed by atoms with Crippen LogP contribution in [0, 0.1) is 13.8 Å². The van der Waals surface area contributed by atoms with Crippen molar-refractivity contribution in [1.82, 2.24) is 4.98 Å². The molecule has 1 amide bonds. The Morgan fingerprint density at radius 3 is 2.79 bits per heavy atom. The maximum atomic E-state index is 12.0. The molecule has 0 atom stereocenters. The minimum absolute atomic E-state index is 0.0120. The molecular weight excluding hydrogens is 256 g/mol. The number of benzene rings is 1. The van der Waals surface area contributed by atoms with Gasteiger partial charge in [-0.3, -0.25) is 4.79 Å². The molecule has 0 saturated heterocycles. The number of rotatable bonds is 4. The predicted octanol–water partition coefficient (Wildman–Crippen LogP) is 3.50. The van der Waals surface area contributed by atoms with Gasteiger partial charge in [0.25, 0.3) is 0 Å². The minimum Gasteiger partial charge on any atom is -0.326 e. The van der Waals surface area contributed by atoms with E-state index in [-0.39, 0.29) is 5.91 Å². The van der Waals surface area contributed by atoms with Crippen molar-refractivity contribution in [2.75, 3.05) is 5.32 Å². The van der Waals surface area contributed by atoms with Gasteiger partial charge in [-0.25, -0.2) is 4.98 Å². The van der Waals surface area contributed by atoms with Crippen LogP contribution >= 0.6 is 11.3 Å². The molecular formula is C15H18N2OS. The van der Waals surface area contributed by atoms with E-state index in [2.05, 4.69) is 24.1 Å². The number of nitrogens with zero attached hydrogens (tertiary/aromatic N) is 1. The molecule has 3 nitrogen and oxygen atoms in total. The first-order valence-corrected chi connectivity index (χ1v) is 7.22. The lowest BCUT2D eigenvalue weighted by atomic mass is 10.2. The second-order valence-corrected chi connectivity index (χ2v) is 5.85. The first kappa shape index (κ1) is 13.7. The van der Waals surface area contributed by atoms with Gasteiger partial charge in [0, 0.05) is 10.6 Å². The predicted molar refractivity (Wildman–Crippen MR) is 79.7 cm³/mol. The molecule has 4 heteroatoms. The van der Waals surface area contributed by atoms with E-state index < -0.39 is 0 Å². The van der Waals surface area contributed by atoms with Gasteiger partial charge in [-0.1, -0.05) is 19.1 Å². The summed E-state index contributed by atoms with van der Waals surface area (Å²) in [6.07, 6.45) is 1.27. The lowest BCUT2D eigenvalue weighted by Gasteiger charge is -2.04. The third-order valence-electron chi connectivity index (χ3n) is 2.89. The smallest absolute Gasteiger partial charge is 0.231 e. The first-order chi connectivity index (χ1) is 9.08. The Hall–Kier alpha value is -1.68. The summed E-state index contributed by atoms with van der Waals surface area (Å²) in [5.41, 5.74) is 3.08. The Morgan fingerprint density at radius 2 is 2.16 bits per heavy atom. The van der Waals surface area contributed by atoms with Crippen LogP contribution in [-0.2, 0) is 17.6 Å². The number of hydrogen-bond donors (Lipinski definition) is 1. The number of aromatic nitrogens is 1. The number of nitrogens with one attached hydrogen (secondary N) is 1. The minimum atomic E-state index is -0.0120. The summed E-state index contributed by atoms with van der Waals surface area (Å²) in [6, 6.07) is 7.80. The maximum absolute atomic E-state index is 12.0. The number of carbonyl (C=O) groups is 1. The second-order valence-electron chi connectivity index (χ2n) is 4.56. The molecule has 0 bridgehead atoms. The molecule has 0 aliphatic heterocycles. The largest absolute Gasteiger partial charge is 0.326 e. The van der Waals surface area contributed by atoms with Gasteiger partial charge >= 0.3 is 0 Å². The molecule has 19 heavy (non-hydrogen) atoms. The highest BCUT2D eigenvalue weighted by molar-refractivity contribution is 7.11. The highest BCUT2D eigenvalue weighted by Crippen LogP contribution is 2.19. The number of carbonyl (C=O) groups excluding carboxylic acids is 1. The van der Waals surface area contributed by atoms with Crippen molar-refractivity contribution in [1.29, 1.82) is 0 Å². The number of thiazole rings is 1. The van der Waals surface area contributed by atoms with E-state index >= 15 is 0 Å². The van der Waals surface area contributed by atoms with Gasteiger partial charge in [0.2, 0.25) is 5.91 Å². The van der Waals surface area contributed by atoms with Crippen LogP contribution in [0.5, 0.6) is 0 Å². The molecule has 2 aromatic rings. The third kappa shape index (κ3) is 3.64. The van der Waals surface area contributed by atoms with Crippen LogP contribution in [0.15, 0.2) is 24.3 Å². The van der Waals surface area contributed by atoms with E-state index in [9.17, 15) is 4.79 Å². The van der Waals surface area contributed by atoms with Crippen LogP contribution in [0.3, 0.4) is 0 Å². The van der Waals surface area contributed by atoms with E-state index in [1.807, 2.05) is 31.2 Å². The topological polar surface area (TPSA) is 42.0 Å². The number of anilines is 1. The monoisotopic (exact) mass is 274 g/mol. The van der Waals surface area contributed by atoms with Crippen molar-refractivity contribution < 1.29 is 4.79 Å². The zero-order valence-corrected chi connectivity index (χ0v) is 12.3. The highest BCUT2D eigenvalue weighted by Gasteiger charge is 2.10. The van der Waals surface area contributed by atoms with Crippen LogP contribution in [-0.4, -0.2) is 10.9 Å². The average molecular weight is 274 g/mol. The van der Waals surface area contributed by atoms with Crippen molar-refractivity contribution in [3.8, 4) is 0 Å². The maximum Gasteiger partial charge on any atom is 0.231 e. The van der Waals surface area contributed by atoms with Crippen molar-refractivity contribution >= 4 is 22.9 Å². The zero-order chi connectivity index (χ0) is 13.8. The summed E-state index contributed by atoms with van der Waals surface area (Å²) in [6.45, 7) is 6.14. The van der Waals surface area contributed by atoms with Crippen molar-refractivity contribution in [2.24, 2.45) is 0 Å². The fourth-order valence-electron chi connectivity index (χ4n) is 1.96. The van der Waals surface area contributed by atoms with Crippen molar-refractivity contribution in [2.45, 2.75) is 33.6 Å². The summed E-state index contributed by atoms with van der Waals surface area (Å²) >= 11 is 1.61. The number of amides is 1. The number of aryl methyl sites for hydroxylation is 3. The van der Waals surface area contributed by atoms with E-state index in [0.29, 0.717) is 6.42 Å². The Labute approximate surface area is 117 Å². The van der Waals surface area contributed by atoms with E-state index in [1.165, 1.54) is 4.88 Å². The molecule has 0 unspecified atom stereocenters. The molecule has 100 valence electrons. The van der Waals surface area contributed by atoms with Crippen molar-refractivity contribution in [3.63, 3.8) is 0 Å². The van der Waals surface area contributed by atoms with E-state index in [4.69, 9.17) is 0 Å². The second kappa shape index (κ2) is 5.97.